The molecule has 0 aliphatic heterocycles. The van der Waals surface area contributed by atoms with E-state index in [0.29, 0.717) is 27.6 Å². The molecule has 32 heavy (non-hydrogen) atoms. The van der Waals surface area contributed by atoms with Crippen LogP contribution in [0.25, 0.3) is 16.8 Å². The Labute approximate surface area is 185 Å². The fraction of sp³-hybridized carbons (Fsp3) is 0.0909. The van der Waals surface area contributed by atoms with Crippen LogP contribution in [-0.4, -0.2) is 20.7 Å². The van der Waals surface area contributed by atoms with Crippen molar-refractivity contribution in [2.45, 2.75) is 6.36 Å². The van der Waals surface area contributed by atoms with Gasteiger partial charge in [-0.25, -0.2) is 0 Å². The number of pyridine rings is 1. The van der Waals surface area contributed by atoms with Crippen molar-refractivity contribution in [3.8, 4) is 34.1 Å². The van der Waals surface area contributed by atoms with Crippen molar-refractivity contribution >= 4 is 11.6 Å². The molecule has 10 heteroatoms. The average Bonchev–Trinajstić information content (AvgIpc) is 3.15. The number of rotatable bonds is 5. The van der Waals surface area contributed by atoms with Gasteiger partial charge < -0.3 is 9.47 Å². The summed E-state index contributed by atoms with van der Waals surface area (Å²) < 4.78 is 49.9. The molecule has 4 aromatic rings. The quantitative estimate of drug-likeness (QED) is 0.389. The van der Waals surface area contributed by atoms with E-state index < -0.39 is 11.9 Å². The Morgan fingerprint density at radius 3 is 2.34 bits per heavy atom. The average molecular weight is 462 g/mol. The van der Waals surface area contributed by atoms with Crippen molar-refractivity contribution in [3.05, 3.63) is 88.6 Å². The molecule has 0 saturated heterocycles. The highest BCUT2D eigenvalue weighted by Crippen LogP contribution is 2.35. The van der Waals surface area contributed by atoms with Gasteiger partial charge in [0.25, 0.3) is 5.56 Å². The zero-order chi connectivity index (χ0) is 22.9. The normalized spacial score (nSPS) is 11.4. The molecule has 0 fully saturated rings. The van der Waals surface area contributed by atoms with Crippen LogP contribution in [0.4, 0.5) is 13.2 Å². The number of aromatic nitrogens is 3. The van der Waals surface area contributed by atoms with Crippen LogP contribution in [0.1, 0.15) is 0 Å². The lowest BCUT2D eigenvalue weighted by Crippen LogP contribution is -2.18. The van der Waals surface area contributed by atoms with Gasteiger partial charge in [-0.1, -0.05) is 23.7 Å². The van der Waals surface area contributed by atoms with Gasteiger partial charge in [-0.2, -0.15) is 5.10 Å². The zero-order valence-corrected chi connectivity index (χ0v) is 17.3. The van der Waals surface area contributed by atoms with E-state index in [4.69, 9.17) is 16.3 Å². The Hall–Kier alpha value is -3.72. The lowest BCUT2D eigenvalue weighted by atomic mass is 10.1. The molecule has 0 amide bonds. The molecule has 0 N–H and O–H groups in total. The van der Waals surface area contributed by atoms with Gasteiger partial charge in [-0.05, 0) is 36.4 Å². The summed E-state index contributed by atoms with van der Waals surface area (Å²) in [4.78, 5) is 12.8. The number of aryl methyl sites for hydroxylation is 1. The zero-order valence-electron chi connectivity index (χ0n) is 16.5. The molecule has 0 spiro atoms. The summed E-state index contributed by atoms with van der Waals surface area (Å²) in [7, 11) is 1.74. The minimum absolute atomic E-state index is 0.254. The van der Waals surface area contributed by atoms with Gasteiger partial charge in [0.1, 0.15) is 17.2 Å². The van der Waals surface area contributed by atoms with E-state index in [1.165, 1.54) is 29.0 Å². The van der Waals surface area contributed by atoms with Gasteiger partial charge in [-0.15, -0.1) is 13.2 Å². The summed E-state index contributed by atoms with van der Waals surface area (Å²) in [6.45, 7) is 0. The molecule has 2 heterocycles. The second kappa shape index (κ2) is 8.43. The van der Waals surface area contributed by atoms with Crippen LogP contribution in [0.3, 0.4) is 0 Å². The second-order valence-corrected chi connectivity index (χ2v) is 7.14. The lowest BCUT2D eigenvalue weighted by Gasteiger charge is -2.15. The molecule has 2 aromatic carbocycles. The fourth-order valence-electron chi connectivity index (χ4n) is 3.03. The first kappa shape index (κ1) is 21.5. The molecule has 6 nitrogen and oxygen atoms in total. The maximum absolute atomic E-state index is 12.8. The topological polar surface area (TPSA) is 58.3 Å². The molecule has 4 rings (SSSR count). The van der Waals surface area contributed by atoms with Crippen molar-refractivity contribution in [2.24, 2.45) is 7.05 Å². The predicted molar refractivity (Wildman–Crippen MR) is 112 cm³/mol. The van der Waals surface area contributed by atoms with E-state index in [2.05, 4.69) is 9.84 Å². The van der Waals surface area contributed by atoms with Crippen LogP contribution in [0, 0.1) is 0 Å². The second-order valence-electron chi connectivity index (χ2n) is 6.74. The van der Waals surface area contributed by atoms with Crippen LogP contribution in [0.15, 0.2) is 78.0 Å². The molecule has 0 atom stereocenters. The first-order valence-electron chi connectivity index (χ1n) is 9.24. The van der Waals surface area contributed by atoms with Gasteiger partial charge in [0.05, 0.1) is 11.2 Å². The minimum Gasteiger partial charge on any atom is -0.455 e. The summed E-state index contributed by atoms with van der Waals surface area (Å²) in [5.41, 5.74) is 1.09. The Morgan fingerprint density at radius 1 is 1.00 bits per heavy atom. The van der Waals surface area contributed by atoms with Gasteiger partial charge in [0.15, 0.2) is 0 Å². The molecule has 0 aliphatic carbocycles. The van der Waals surface area contributed by atoms with E-state index in [1.807, 2.05) is 0 Å². The summed E-state index contributed by atoms with van der Waals surface area (Å²) in [6, 6.07) is 13.1. The Morgan fingerprint density at radius 2 is 1.72 bits per heavy atom. The van der Waals surface area contributed by atoms with Crippen LogP contribution in [-0.2, 0) is 7.05 Å². The van der Waals surface area contributed by atoms with E-state index in [-0.39, 0.29) is 11.5 Å². The highest BCUT2D eigenvalue weighted by Gasteiger charge is 2.31. The van der Waals surface area contributed by atoms with Crippen molar-refractivity contribution in [1.29, 1.82) is 0 Å². The van der Waals surface area contributed by atoms with E-state index >= 15 is 0 Å². The summed E-state index contributed by atoms with van der Waals surface area (Å²) in [5, 5.41) is 4.52. The largest absolute Gasteiger partial charge is 0.573 e. The molecule has 0 radical (unpaired) electrons. The highest BCUT2D eigenvalue weighted by molar-refractivity contribution is 6.32. The van der Waals surface area contributed by atoms with Crippen LogP contribution in [0.5, 0.6) is 17.2 Å². The summed E-state index contributed by atoms with van der Waals surface area (Å²) >= 11 is 6.19. The molecule has 164 valence electrons. The highest BCUT2D eigenvalue weighted by atomic mass is 35.5. The number of benzene rings is 2. The van der Waals surface area contributed by atoms with E-state index in [1.54, 1.807) is 48.4 Å². The van der Waals surface area contributed by atoms with Gasteiger partial charge in [-0.3, -0.25) is 14.0 Å². The SMILES string of the molecule is Cn1cc(-c2cn(-c3ccc(OC(F)(F)F)cc3)c(=O)cc2Oc2ccccc2Cl)cn1. The van der Waals surface area contributed by atoms with Gasteiger partial charge in [0.2, 0.25) is 0 Å². The smallest absolute Gasteiger partial charge is 0.455 e. The van der Waals surface area contributed by atoms with Crippen LogP contribution >= 0.6 is 11.6 Å². The summed E-state index contributed by atoms with van der Waals surface area (Å²) in [5.74, 6) is 0.231. The third-order valence-electron chi connectivity index (χ3n) is 4.44. The molecular weight excluding hydrogens is 447 g/mol. The molecule has 2 aromatic heterocycles. The van der Waals surface area contributed by atoms with Crippen molar-refractivity contribution in [2.75, 3.05) is 0 Å². The number of hydrogen-bond donors (Lipinski definition) is 0. The van der Waals surface area contributed by atoms with Crippen LogP contribution in [0.2, 0.25) is 5.02 Å². The van der Waals surface area contributed by atoms with Gasteiger partial charge >= 0.3 is 6.36 Å². The van der Waals surface area contributed by atoms with Gasteiger partial charge in [0, 0.05) is 42.3 Å². The number of nitrogens with zero attached hydrogens (tertiary/aromatic N) is 3. The number of hydrogen-bond acceptors (Lipinski definition) is 4. The molecule has 0 bridgehead atoms. The minimum atomic E-state index is -4.80. The first-order chi connectivity index (χ1) is 15.2. The van der Waals surface area contributed by atoms with Crippen molar-refractivity contribution < 1.29 is 22.6 Å². The lowest BCUT2D eigenvalue weighted by molar-refractivity contribution is -0.274. The third kappa shape index (κ3) is 4.78. The maximum Gasteiger partial charge on any atom is 0.573 e. The van der Waals surface area contributed by atoms with Crippen LogP contribution < -0.4 is 15.0 Å². The van der Waals surface area contributed by atoms with Crippen molar-refractivity contribution in [3.63, 3.8) is 0 Å². The first-order valence-corrected chi connectivity index (χ1v) is 9.62. The maximum atomic E-state index is 12.8. The Bertz CT molecular complexity index is 1310. The van der Waals surface area contributed by atoms with E-state index in [0.717, 1.165) is 12.1 Å². The molecule has 0 aliphatic rings. The fourth-order valence-corrected chi connectivity index (χ4v) is 3.21. The number of alkyl halides is 3. The molecule has 0 saturated carbocycles. The predicted octanol–water partition coefficient (Wildman–Crippen LogP) is 5.58. The monoisotopic (exact) mass is 461 g/mol. The standard InChI is InChI=1S/C22H15ClF3N3O3/c1-28-12-14(11-27-28)17-13-29(15-6-8-16(9-7-15)32-22(24,25)26)21(30)10-20(17)31-19-5-3-2-4-18(19)23/h2-13H,1H3. The third-order valence-corrected chi connectivity index (χ3v) is 4.75. The van der Waals surface area contributed by atoms with Crippen molar-refractivity contribution in [1.82, 2.24) is 14.3 Å². The Balaban J connectivity index is 1.78. The van der Waals surface area contributed by atoms with E-state index in [9.17, 15) is 18.0 Å². The molecule has 0 unspecified atom stereocenters. The number of halogens is 4. The number of ether oxygens (including phenoxy) is 2. The molecular formula is C22H15ClF3N3O3. The number of para-hydroxylation sites is 1. The Kier molecular flexibility index (Phi) is 5.67. The summed E-state index contributed by atoms with van der Waals surface area (Å²) in [6.07, 6.45) is 0.0719.